The molecule has 0 aliphatic heterocycles. The van der Waals surface area contributed by atoms with Gasteiger partial charge in [-0.3, -0.25) is 0 Å². The van der Waals surface area contributed by atoms with E-state index in [9.17, 15) is 4.79 Å². The summed E-state index contributed by atoms with van der Waals surface area (Å²) in [5, 5.41) is 25.0. The van der Waals surface area contributed by atoms with E-state index in [-0.39, 0.29) is 18.6 Å². The normalized spacial score (nSPS) is 11.6. The highest BCUT2D eigenvalue weighted by Crippen LogP contribution is 2.17. The molecule has 0 rings (SSSR count). The molecule has 4 nitrogen and oxygen atoms in total. The maximum absolute atomic E-state index is 9.87. The Balaban J connectivity index is 0. The van der Waals surface area contributed by atoms with Gasteiger partial charge in [-0.1, -0.05) is 13.8 Å². The van der Waals surface area contributed by atoms with Crippen molar-refractivity contribution < 1.29 is 20.1 Å². The maximum atomic E-state index is 9.87. The van der Waals surface area contributed by atoms with Crippen LogP contribution in [0.3, 0.4) is 0 Å². The molecule has 0 bridgehead atoms. The molecule has 0 saturated carbocycles. The molecular weight excluding hydrogens is 224 g/mol. The third-order valence-electron chi connectivity index (χ3n) is 1.26. The van der Waals surface area contributed by atoms with E-state index in [1.54, 1.807) is 13.8 Å². The molecule has 0 aliphatic carbocycles. The van der Waals surface area contributed by atoms with Gasteiger partial charge >= 0.3 is 5.97 Å². The number of aliphatic hydroxyl groups is 2. The lowest BCUT2D eigenvalue weighted by atomic mass is 9.97. The van der Waals surface area contributed by atoms with E-state index >= 15 is 0 Å². The summed E-state index contributed by atoms with van der Waals surface area (Å²) in [6.07, 6.45) is 0. The van der Waals surface area contributed by atoms with Gasteiger partial charge < -0.3 is 15.3 Å². The molecule has 0 radical (unpaired) electrons. The quantitative estimate of drug-likeness (QED) is 0.372. The third-order valence-corrected chi connectivity index (χ3v) is 1.64. The van der Waals surface area contributed by atoms with Crippen molar-refractivity contribution in [2.45, 2.75) is 24.9 Å². The van der Waals surface area contributed by atoms with Crippen LogP contribution in [0.1, 0.15) is 20.8 Å². The summed E-state index contributed by atoms with van der Waals surface area (Å²) in [7, 11) is 0. The minimum Gasteiger partial charge on any atom is -0.480 e. The zero-order valence-corrected chi connectivity index (χ0v) is 10.3. The van der Waals surface area contributed by atoms with Crippen LogP contribution in [0, 0.1) is 5.41 Å². The van der Waals surface area contributed by atoms with Gasteiger partial charge in [-0.05, 0) is 6.92 Å². The minimum atomic E-state index is -1.19. The van der Waals surface area contributed by atoms with Crippen molar-refractivity contribution in [1.82, 2.24) is 0 Å². The Labute approximate surface area is 95.2 Å². The van der Waals surface area contributed by atoms with Crippen LogP contribution in [0.5, 0.6) is 0 Å². The van der Waals surface area contributed by atoms with Crippen LogP contribution in [0.2, 0.25) is 0 Å². The van der Waals surface area contributed by atoms with Crippen LogP contribution in [-0.2, 0) is 4.79 Å². The molecule has 3 N–H and O–H groups in total. The van der Waals surface area contributed by atoms with E-state index < -0.39 is 10.0 Å². The van der Waals surface area contributed by atoms with Crippen molar-refractivity contribution in [1.29, 1.82) is 0 Å². The van der Waals surface area contributed by atoms with Gasteiger partial charge in [0.2, 0.25) is 0 Å². The van der Waals surface area contributed by atoms with Crippen LogP contribution in [-0.4, -0.2) is 38.6 Å². The molecule has 0 unspecified atom stereocenters. The van der Waals surface area contributed by atoms with Gasteiger partial charge in [0, 0.05) is 5.41 Å². The largest absolute Gasteiger partial charge is 0.480 e. The third kappa shape index (κ3) is 10.2. The molecule has 14 heavy (non-hydrogen) atoms. The first-order valence-electron chi connectivity index (χ1n) is 3.96. The van der Waals surface area contributed by atoms with Gasteiger partial charge in [-0.25, -0.2) is 4.79 Å². The first kappa shape index (κ1) is 16.5. The SMILES string of the molecule is CC(C)(CO)CO.CC(S)(S)C(=O)O. The van der Waals surface area contributed by atoms with Crippen LogP contribution >= 0.6 is 25.3 Å². The Bertz CT molecular complexity index is 169. The van der Waals surface area contributed by atoms with E-state index in [0.717, 1.165) is 0 Å². The Morgan fingerprint density at radius 2 is 1.36 bits per heavy atom. The smallest absolute Gasteiger partial charge is 0.329 e. The number of rotatable bonds is 3. The number of hydrogen-bond donors (Lipinski definition) is 5. The summed E-state index contributed by atoms with van der Waals surface area (Å²) in [4.78, 5) is 9.87. The van der Waals surface area contributed by atoms with Crippen molar-refractivity contribution in [2.24, 2.45) is 5.41 Å². The van der Waals surface area contributed by atoms with Crippen LogP contribution in [0.4, 0.5) is 0 Å². The summed E-state index contributed by atoms with van der Waals surface area (Å²) in [5.41, 5.74) is -0.306. The summed E-state index contributed by atoms with van der Waals surface area (Å²) in [6, 6.07) is 0. The van der Waals surface area contributed by atoms with Gasteiger partial charge in [0.25, 0.3) is 0 Å². The molecule has 0 aromatic rings. The lowest BCUT2D eigenvalue weighted by Gasteiger charge is -2.16. The second-order valence-corrected chi connectivity index (χ2v) is 5.95. The molecule has 0 amide bonds. The second kappa shape index (κ2) is 6.55. The van der Waals surface area contributed by atoms with Gasteiger partial charge in [-0.2, -0.15) is 25.3 Å². The first-order chi connectivity index (χ1) is 6.06. The van der Waals surface area contributed by atoms with Crippen LogP contribution < -0.4 is 0 Å². The van der Waals surface area contributed by atoms with E-state index in [1.165, 1.54) is 6.92 Å². The fourth-order valence-electron chi connectivity index (χ4n) is 0.0500. The van der Waals surface area contributed by atoms with Crippen molar-refractivity contribution >= 4 is 31.2 Å². The number of hydrogen-bond acceptors (Lipinski definition) is 5. The van der Waals surface area contributed by atoms with Crippen LogP contribution in [0.25, 0.3) is 0 Å². The molecule has 0 saturated heterocycles. The average Bonchev–Trinajstić information content (AvgIpc) is 2.04. The molecule has 0 aromatic carbocycles. The Morgan fingerprint density at radius 1 is 1.14 bits per heavy atom. The van der Waals surface area contributed by atoms with Crippen LogP contribution in [0.15, 0.2) is 0 Å². The van der Waals surface area contributed by atoms with Crippen molar-refractivity contribution in [3.8, 4) is 0 Å². The molecule has 0 aliphatic rings. The number of thiol groups is 2. The summed E-state index contributed by atoms with van der Waals surface area (Å²) in [6.45, 7) is 5.08. The molecule has 0 spiro atoms. The molecular formula is C8H18O4S2. The fraction of sp³-hybridized carbons (Fsp3) is 0.875. The molecule has 6 heteroatoms. The van der Waals surface area contributed by atoms with Gasteiger partial charge in [0.05, 0.1) is 13.2 Å². The molecule has 0 fully saturated rings. The zero-order chi connectivity index (χ0) is 12.0. The number of aliphatic hydroxyl groups excluding tert-OH is 2. The predicted octanol–water partition coefficient (Wildman–Crippen LogP) is 0.644. The Kier molecular flexibility index (Phi) is 7.73. The highest BCUT2D eigenvalue weighted by atomic mass is 32.2. The predicted molar refractivity (Wildman–Crippen MR) is 62.0 cm³/mol. The number of aliphatic carboxylic acids is 1. The number of carboxylic acids is 1. The molecule has 0 aromatic heterocycles. The highest BCUT2D eigenvalue weighted by molar-refractivity contribution is 8.01. The number of carbonyl (C=O) groups is 1. The van der Waals surface area contributed by atoms with Crippen molar-refractivity contribution in [3.63, 3.8) is 0 Å². The zero-order valence-electron chi connectivity index (χ0n) is 8.56. The standard InChI is InChI=1S/C5H12O2.C3H6O2S2/c1-5(2,3-6)4-7;1-3(6,7)2(4)5/h6-7H,3-4H2,1-2H3;6-7H,1H3,(H,4,5). The maximum Gasteiger partial charge on any atom is 0.329 e. The van der Waals surface area contributed by atoms with E-state index in [2.05, 4.69) is 25.3 Å². The van der Waals surface area contributed by atoms with Gasteiger partial charge in [0.15, 0.2) is 0 Å². The van der Waals surface area contributed by atoms with Gasteiger partial charge in [0.1, 0.15) is 4.08 Å². The van der Waals surface area contributed by atoms with Gasteiger partial charge in [-0.15, -0.1) is 0 Å². The van der Waals surface area contributed by atoms with E-state index in [0.29, 0.717) is 0 Å². The summed E-state index contributed by atoms with van der Waals surface area (Å²) >= 11 is 7.23. The molecule has 0 atom stereocenters. The first-order valence-corrected chi connectivity index (χ1v) is 4.86. The van der Waals surface area contributed by atoms with Crippen molar-refractivity contribution in [3.05, 3.63) is 0 Å². The second-order valence-electron chi connectivity index (χ2n) is 3.81. The van der Waals surface area contributed by atoms with E-state index in [1.807, 2.05) is 0 Å². The Hall–Kier alpha value is 0.0900. The lowest BCUT2D eigenvalue weighted by molar-refractivity contribution is -0.136. The molecule has 86 valence electrons. The Morgan fingerprint density at radius 3 is 1.36 bits per heavy atom. The minimum absolute atomic E-state index is 0.0451. The highest BCUT2D eigenvalue weighted by Gasteiger charge is 2.21. The van der Waals surface area contributed by atoms with Crippen molar-refractivity contribution in [2.75, 3.05) is 13.2 Å². The fourth-order valence-corrected chi connectivity index (χ4v) is 0.0500. The van der Waals surface area contributed by atoms with E-state index in [4.69, 9.17) is 15.3 Å². The average molecular weight is 242 g/mol. The summed E-state index contributed by atoms with van der Waals surface area (Å²) < 4.78 is -1.19. The monoisotopic (exact) mass is 242 g/mol. The lowest BCUT2D eigenvalue weighted by Crippen LogP contribution is -2.20. The molecule has 0 heterocycles. The summed E-state index contributed by atoms with van der Waals surface area (Å²) in [5.74, 6) is -1.03. The topological polar surface area (TPSA) is 77.8 Å². The number of carboxylic acid groups (broad SMARTS) is 1.